The Morgan fingerprint density at radius 3 is 0.837 bits per heavy atom. The van der Waals surface area contributed by atoms with Gasteiger partial charge in [0.1, 0.15) is 0 Å². The number of carbonyl (C=O) groups is 2. The summed E-state index contributed by atoms with van der Waals surface area (Å²) in [6.45, 7) is 5.00. The van der Waals surface area contributed by atoms with Gasteiger partial charge in [0.05, 0.1) is 25.4 Å². The second kappa shape index (κ2) is 81.5. The number of carbonyl (C=O) groups excluding carboxylic acids is 2. The number of ether oxygens (including phenoxy) is 1. The van der Waals surface area contributed by atoms with Gasteiger partial charge < -0.3 is 20.3 Å². The minimum Gasteiger partial charge on any atom is -0.466 e. The van der Waals surface area contributed by atoms with Crippen LogP contribution in [-0.2, 0) is 14.3 Å². The van der Waals surface area contributed by atoms with Crippen molar-refractivity contribution in [1.29, 1.82) is 0 Å². The maximum atomic E-state index is 12.6. The fourth-order valence-corrected chi connectivity index (χ4v) is 13.5. The summed E-state index contributed by atoms with van der Waals surface area (Å²) in [7, 11) is 0. The average Bonchev–Trinajstić information content (AvgIpc) is 3.56. The van der Waals surface area contributed by atoms with E-state index in [9.17, 15) is 19.8 Å². The fraction of sp³-hybridized carbons (Fsp3) is 0.907. The number of allylic oxidation sites excluding steroid dienone is 6. The highest BCUT2D eigenvalue weighted by Crippen LogP contribution is 2.20. The Hall–Kier alpha value is -1.92. The zero-order chi connectivity index (χ0) is 66.3. The van der Waals surface area contributed by atoms with Crippen LogP contribution in [-0.4, -0.2) is 47.4 Å². The minimum absolute atomic E-state index is 0.0178. The van der Waals surface area contributed by atoms with Gasteiger partial charge in [-0.3, -0.25) is 9.59 Å². The molecular formula is C86H165NO5. The molecule has 2 atom stereocenters. The lowest BCUT2D eigenvalue weighted by Gasteiger charge is -2.22. The van der Waals surface area contributed by atoms with Crippen LogP contribution >= 0.6 is 0 Å². The second-order valence-electron chi connectivity index (χ2n) is 29.2. The fourth-order valence-electron chi connectivity index (χ4n) is 13.5. The molecule has 0 radical (unpaired) electrons. The van der Waals surface area contributed by atoms with E-state index in [0.29, 0.717) is 25.9 Å². The van der Waals surface area contributed by atoms with E-state index in [2.05, 4.69) is 55.6 Å². The third kappa shape index (κ3) is 77.1. The predicted molar refractivity (Wildman–Crippen MR) is 407 cm³/mol. The van der Waals surface area contributed by atoms with Crippen LogP contribution in [0.4, 0.5) is 0 Å². The summed E-state index contributed by atoms with van der Waals surface area (Å²) in [6, 6.07) is -0.540. The summed E-state index contributed by atoms with van der Waals surface area (Å²) in [4.78, 5) is 24.7. The van der Waals surface area contributed by atoms with E-state index in [1.165, 1.54) is 392 Å². The number of hydrogen-bond donors (Lipinski definition) is 3. The normalized spacial score (nSPS) is 12.6. The number of rotatable bonds is 80. The topological polar surface area (TPSA) is 95.9 Å². The Morgan fingerprint density at radius 2 is 0.543 bits per heavy atom. The summed E-state index contributed by atoms with van der Waals surface area (Å²) < 4.78 is 5.51. The molecule has 0 saturated heterocycles. The lowest BCUT2D eigenvalue weighted by atomic mass is 10.0. The van der Waals surface area contributed by atoms with Crippen LogP contribution in [0.15, 0.2) is 36.5 Å². The van der Waals surface area contributed by atoms with Gasteiger partial charge in [0.15, 0.2) is 0 Å². The number of amides is 1. The van der Waals surface area contributed by atoms with E-state index in [-0.39, 0.29) is 18.5 Å². The first-order valence-corrected chi connectivity index (χ1v) is 42.2. The maximum absolute atomic E-state index is 12.6. The monoisotopic (exact) mass is 1290 g/mol. The summed E-state index contributed by atoms with van der Waals surface area (Å²) in [5, 5.41) is 23.4. The molecular weight excluding hydrogens is 1130 g/mol. The van der Waals surface area contributed by atoms with Gasteiger partial charge in [-0.05, 0) is 83.5 Å². The molecule has 0 spiro atoms. The van der Waals surface area contributed by atoms with Crippen LogP contribution in [0.1, 0.15) is 476 Å². The zero-order valence-electron chi connectivity index (χ0n) is 62.6. The number of unbranched alkanes of at least 4 members (excludes halogenated alkanes) is 63. The molecule has 0 saturated carbocycles. The van der Waals surface area contributed by atoms with Gasteiger partial charge in [-0.15, -0.1) is 0 Å². The average molecular weight is 1290 g/mol. The molecule has 92 heavy (non-hydrogen) atoms. The van der Waals surface area contributed by atoms with Crippen LogP contribution in [0.5, 0.6) is 0 Å². The molecule has 0 aromatic carbocycles. The SMILES string of the molecule is CCCCCCCC/C=C\CCCCCCCCCC(=O)OCCCCCCCCCCCCCCCCC/C=C\C/C=C\CCCCCCCCCCCCCCCCCCCC(=O)NC(CO)C(O)CCCCCCCCCCCCCCCCCCCCC. The number of hydrogen-bond acceptors (Lipinski definition) is 5. The highest BCUT2D eigenvalue weighted by Gasteiger charge is 2.20. The molecule has 0 aliphatic rings. The summed E-state index contributed by atoms with van der Waals surface area (Å²) in [5.41, 5.74) is 0. The first kappa shape index (κ1) is 90.1. The molecule has 0 rings (SSSR count). The molecule has 544 valence electrons. The Bertz CT molecular complexity index is 1490. The Morgan fingerprint density at radius 1 is 0.304 bits per heavy atom. The second-order valence-corrected chi connectivity index (χ2v) is 29.2. The first-order valence-electron chi connectivity index (χ1n) is 42.2. The molecule has 1 amide bonds. The lowest BCUT2D eigenvalue weighted by Crippen LogP contribution is -2.45. The van der Waals surface area contributed by atoms with E-state index in [1.54, 1.807) is 0 Å². The van der Waals surface area contributed by atoms with Crippen LogP contribution < -0.4 is 5.32 Å². The molecule has 0 heterocycles. The van der Waals surface area contributed by atoms with Crippen LogP contribution in [0, 0.1) is 0 Å². The smallest absolute Gasteiger partial charge is 0.305 e. The largest absolute Gasteiger partial charge is 0.466 e. The van der Waals surface area contributed by atoms with Gasteiger partial charge in [0, 0.05) is 12.8 Å². The van der Waals surface area contributed by atoms with Gasteiger partial charge in [-0.25, -0.2) is 0 Å². The zero-order valence-corrected chi connectivity index (χ0v) is 62.6. The van der Waals surface area contributed by atoms with Crippen molar-refractivity contribution in [1.82, 2.24) is 5.32 Å². The maximum Gasteiger partial charge on any atom is 0.305 e. The number of aliphatic hydroxyl groups excluding tert-OH is 2. The van der Waals surface area contributed by atoms with Crippen LogP contribution in [0.3, 0.4) is 0 Å². The van der Waals surface area contributed by atoms with E-state index in [0.717, 1.165) is 51.4 Å². The molecule has 0 fully saturated rings. The molecule has 0 aromatic heterocycles. The van der Waals surface area contributed by atoms with E-state index < -0.39 is 12.1 Å². The van der Waals surface area contributed by atoms with Gasteiger partial charge in [-0.1, -0.05) is 416 Å². The van der Waals surface area contributed by atoms with Crippen LogP contribution in [0.2, 0.25) is 0 Å². The van der Waals surface area contributed by atoms with Crippen molar-refractivity contribution in [2.45, 2.75) is 488 Å². The molecule has 0 aromatic rings. The number of esters is 1. The van der Waals surface area contributed by atoms with E-state index in [1.807, 2.05) is 0 Å². The number of nitrogens with one attached hydrogen (secondary N) is 1. The van der Waals surface area contributed by atoms with Crippen molar-refractivity contribution in [2.75, 3.05) is 13.2 Å². The molecule has 2 unspecified atom stereocenters. The molecule has 0 aliphatic heterocycles. The first-order chi connectivity index (χ1) is 45.5. The Balaban J connectivity index is 3.35. The van der Waals surface area contributed by atoms with Crippen molar-refractivity contribution in [2.24, 2.45) is 0 Å². The van der Waals surface area contributed by atoms with Crippen molar-refractivity contribution in [3.05, 3.63) is 36.5 Å². The molecule has 0 bridgehead atoms. The van der Waals surface area contributed by atoms with Gasteiger partial charge >= 0.3 is 5.97 Å². The minimum atomic E-state index is -0.663. The lowest BCUT2D eigenvalue weighted by molar-refractivity contribution is -0.143. The van der Waals surface area contributed by atoms with Crippen molar-refractivity contribution in [3.63, 3.8) is 0 Å². The number of aliphatic hydroxyl groups is 2. The summed E-state index contributed by atoms with van der Waals surface area (Å²) >= 11 is 0. The van der Waals surface area contributed by atoms with E-state index in [4.69, 9.17) is 4.74 Å². The molecule has 0 aliphatic carbocycles. The predicted octanol–water partition coefficient (Wildman–Crippen LogP) is 28.2. The van der Waals surface area contributed by atoms with Gasteiger partial charge in [0.25, 0.3) is 0 Å². The molecule has 6 nitrogen and oxygen atoms in total. The third-order valence-corrected chi connectivity index (χ3v) is 19.9. The summed E-state index contributed by atoms with van der Waals surface area (Å²) in [6.07, 6.45) is 107. The molecule has 3 N–H and O–H groups in total. The van der Waals surface area contributed by atoms with Gasteiger partial charge in [0.2, 0.25) is 5.91 Å². The van der Waals surface area contributed by atoms with Gasteiger partial charge in [-0.2, -0.15) is 0 Å². The van der Waals surface area contributed by atoms with Crippen LogP contribution in [0.25, 0.3) is 0 Å². The quantitative estimate of drug-likeness (QED) is 0.0320. The Kier molecular flexibility index (Phi) is 79.8. The Labute approximate surface area is 576 Å². The van der Waals surface area contributed by atoms with Crippen molar-refractivity contribution < 1.29 is 24.5 Å². The van der Waals surface area contributed by atoms with E-state index >= 15 is 0 Å². The third-order valence-electron chi connectivity index (χ3n) is 19.9. The molecule has 6 heteroatoms. The summed E-state index contributed by atoms with van der Waals surface area (Å²) in [5.74, 6) is -0.00922. The highest BCUT2D eigenvalue weighted by molar-refractivity contribution is 5.76. The highest BCUT2D eigenvalue weighted by atomic mass is 16.5. The standard InChI is InChI=1S/C86H165NO5/c1-3-5-7-9-11-13-15-17-19-21-43-47-50-54-58-62-66-70-74-78-84(89)83(82-88)87-85(90)79-75-71-67-63-59-55-51-48-44-41-39-37-35-33-31-29-27-25-23-22-24-26-28-30-32-34-36-38-40-42-45-49-53-57-61-65-69-73-77-81-92-86(91)80-76-72-68-64-60-56-52-46-20-18-16-14-12-10-8-6-4-2/h18,20,22-23,26,28,83-84,88-89H,3-17,19,21,24-25,27,29-82H2,1-2H3,(H,87,90)/b20-18-,23-22-,28-26-. The van der Waals surface area contributed by atoms with Crippen molar-refractivity contribution >= 4 is 11.9 Å². The van der Waals surface area contributed by atoms with Crippen molar-refractivity contribution in [3.8, 4) is 0 Å².